The second-order valence-electron chi connectivity index (χ2n) is 6.19. The summed E-state index contributed by atoms with van der Waals surface area (Å²) in [6, 6.07) is 4.31. The quantitative estimate of drug-likeness (QED) is 0.843. The van der Waals surface area contributed by atoms with Crippen LogP contribution in [-0.4, -0.2) is 14.5 Å². The summed E-state index contributed by atoms with van der Waals surface area (Å²) in [6.45, 7) is 8.19. The molecule has 4 nitrogen and oxygen atoms in total. The highest BCUT2D eigenvalue weighted by Gasteiger charge is 2.66. The zero-order valence-electron chi connectivity index (χ0n) is 11.5. The summed E-state index contributed by atoms with van der Waals surface area (Å²) in [5.41, 5.74) is 5.87. The standard InChI is InChI=1S/C13H19ClN2O2S/c1-12(2)11(13(12,3)4)16-19(17,18)10-6-5-8(15)7-9(10)14/h5-7,11,16H,15H2,1-4H3. The molecule has 1 saturated carbocycles. The van der Waals surface area contributed by atoms with Gasteiger partial charge in [-0.05, 0) is 29.0 Å². The first kappa shape index (κ1) is 14.6. The van der Waals surface area contributed by atoms with Crippen LogP contribution in [0.25, 0.3) is 0 Å². The first-order valence-corrected chi connectivity index (χ1v) is 7.93. The van der Waals surface area contributed by atoms with Crippen LogP contribution in [-0.2, 0) is 10.0 Å². The molecule has 0 bridgehead atoms. The number of sulfonamides is 1. The number of benzene rings is 1. The van der Waals surface area contributed by atoms with E-state index in [1.165, 1.54) is 18.2 Å². The van der Waals surface area contributed by atoms with E-state index in [1.54, 1.807) is 0 Å². The Hall–Kier alpha value is -0.780. The zero-order valence-corrected chi connectivity index (χ0v) is 13.1. The third-order valence-corrected chi connectivity index (χ3v) is 6.44. The van der Waals surface area contributed by atoms with Crippen LogP contribution in [0, 0.1) is 10.8 Å². The number of nitrogen functional groups attached to an aromatic ring is 1. The summed E-state index contributed by atoms with van der Waals surface area (Å²) < 4.78 is 27.4. The molecule has 3 N–H and O–H groups in total. The van der Waals surface area contributed by atoms with Crippen molar-refractivity contribution in [2.75, 3.05) is 5.73 Å². The minimum atomic E-state index is -3.62. The molecule has 1 aliphatic rings. The number of halogens is 1. The summed E-state index contributed by atoms with van der Waals surface area (Å²) in [4.78, 5) is 0.0712. The summed E-state index contributed by atoms with van der Waals surface area (Å²) in [6.07, 6.45) is 0. The number of rotatable bonds is 3. The highest BCUT2D eigenvalue weighted by Crippen LogP contribution is 2.63. The van der Waals surface area contributed by atoms with Crippen LogP contribution < -0.4 is 10.5 Å². The van der Waals surface area contributed by atoms with Crippen molar-refractivity contribution in [2.45, 2.75) is 38.6 Å². The second kappa shape index (κ2) is 4.11. The average molecular weight is 303 g/mol. The molecule has 0 saturated heterocycles. The second-order valence-corrected chi connectivity index (χ2v) is 8.28. The molecular weight excluding hydrogens is 284 g/mol. The Morgan fingerprint density at radius 2 is 1.74 bits per heavy atom. The molecule has 0 aromatic heterocycles. The van der Waals surface area contributed by atoms with Crippen molar-refractivity contribution in [1.82, 2.24) is 4.72 Å². The first-order valence-electron chi connectivity index (χ1n) is 6.07. The lowest BCUT2D eigenvalue weighted by atomic mass is 10.0. The highest BCUT2D eigenvalue weighted by molar-refractivity contribution is 7.89. The Labute approximate surface area is 119 Å². The van der Waals surface area contributed by atoms with Crippen molar-refractivity contribution < 1.29 is 8.42 Å². The van der Waals surface area contributed by atoms with Gasteiger partial charge in [-0.2, -0.15) is 0 Å². The van der Waals surface area contributed by atoms with E-state index in [4.69, 9.17) is 17.3 Å². The van der Waals surface area contributed by atoms with Gasteiger partial charge >= 0.3 is 0 Å². The molecule has 0 spiro atoms. The van der Waals surface area contributed by atoms with Gasteiger partial charge in [-0.1, -0.05) is 39.3 Å². The molecule has 1 aromatic rings. The van der Waals surface area contributed by atoms with E-state index in [9.17, 15) is 8.42 Å². The SMILES string of the molecule is CC1(C)C(NS(=O)(=O)c2ccc(N)cc2Cl)C1(C)C. The van der Waals surface area contributed by atoms with Crippen LogP contribution in [0.15, 0.2) is 23.1 Å². The fourth-order valence-corrected chi connectivity index (χ4v) is 4.53. The summed E-state index contributed by atoms with van der Waals surface area (Å²) >= 11 is 5.96. The number of nitrogens with two attached hydrogens (primary N) is 1. The molecule has 1 aliphatic carbocycles. The number of hydrogen-bond acceptors (Lipinski definition) is 3. The Kier molecular flexibility index (Phi) is 3.16. The molecule has 0 heterocycles. The summed E-state index contributed by atoms with van der Waals surface area (Å²) in [7, 11) is -3.62. The molecule has 1 fully saturated rings. The van der Waals surface area contributed by atoms with E-state index in [2.05, 4.69) is 4.72 Å². The van der Waals surface area contributed by atoms with Crippen LogP contribution in [0.4, 0.5) is 5.69 Å². The fraction of sp³-hybridized carbons (Fsp3) is 0.538. The van der Waals surface area contributed by atoms with Crippen molar-refractivity contribution >= 4 is 27.3 Å². The van der Waals surface area contributed by atoms with E-state index in [0.29, 0.717) is 5.69 Å². The maximum Gasteiger partial charge on any atom is 0.242 e. The van der Waals surface area contributed by atoms with Crippen LogP contribution in [0.5, 0.6) is 0 Å². The van der Waals surface area contributed by atoms with Gasteiger partial charge < -0.3 is 5.73 Å². The van der Waals surface area contributed by atoms with Crippen molar-refractivity contribution in [3.8, 4) is 0 Å². The molecule has 0 atom stereocenters. The number of hydrogen-bond donors (Lipinski definition) is 2. The molecule has 0 unspecified atom stereocenters. The third kappa shape index (κ3) is 2.24. The van der Waals surface area contributed by atoms with Gasteiger partial charge in [0.25, 0.3) is 0 Å². The van der Waals surface area contributed by atoms with Crippen molar-refractivity contribution in [1.29, 1.82) is 0 Å². The highest BCUT2D eigenvalue weighted by atomic mass is 35.5. The predicted octanol–water partition coefficient (Wildman–Crippen LogP) is 2.64. The first-order chi connectivity index (χ1) is 8.50. The maximum absolute atomic E-state index is 12.4. The molecule has 0 radical (unpaired) electrons. The molecule has 0 amide bonds. The van der Waals surface area contributed by atoms with Gasteiger partial charge in [-0.15, -0.1) is 0 Å². The zero-order chi connectivity index (χ0) is 14.6. The van der Waals surface area contributed by atoms with E-state index in [1.807, 2.05) is 27.7 Å². The largest absolute Gasteiger partial charge is 0.399 e. The monoisotopic (exact) mass is 302 g/mol. The van der Waals surface area contributed by atoms with E-state index >= 15 is 0 Å². The van der Waals surface area contributed by atoms with Crippen LogP contribution in [0.2, 0.25) is 5.02 Å². The van der Waals surface area contributed by atoms with E-state index in [0.717, 1.165) is 0 Å². The van der Waals surface area contributed by atoms with Crippen LogP contribution in [0.1, 0.15) is 27.7 Å². The van der Waals surface area contributed by atoms with Gasteiger partial charge in [0.2, 0.25) is 10.0 Å². The summed E-state index contributed by atoms with van der Waals surface area (Å²) in [5.74, 6) is 0. The van der Waals surface area contributed by atoms with Crippen molar-refractivity contribution in [3.05, 3.63) is 23.2 Å². The minimum absolute atomic E-state index is 0.0691. The van der Waals surface area contributed by atoms with Crippen molar-refractivity contribution in [2.24, 2.45) is 10.8 Å². The molecule has 1 aromatic carbocycles. The fourth-order valence-electron chi connectivity index (χ4n) is 2.44. The summed E-state index contributed by atoms with van der Waals surface area (Å²) in [5, 5.41) is 0.142. The lowest BCUT2D eigenvalue weighted by Crippen LogP contribution is -2.30. The third-order valence-electron chi connectivity index (χ3n) is 4.54. The predicted molar refractivity (Wildman–Crippen MR) is 77.5 cm³/mol. The van der Waals surface area contributed by atoms with Crippen molar-refractivity contribution in [3.63, 3.8) is 0 Å². The van der Waals surface area contributed by atoms with Crippen LogP contribution >= 0.6 is 11.6 Å². The lowest BCUT2D eigenvalue weighted by molar-refractivity contribution is 0.457. The Morgan fingerprint density at radius 3 is 2.16 bits per heavy atom. The lowest BCUT2D eigenvalue weighted by Gasteiger charge is -2.10. The average Bonchev–Trinajstić information content (AvgIpc) is 2.59. The molecular formula is C13H19ClN2O2S. The molecule has 19 heavy (non-hydrogen) atoms. The number of nitrogens with one attached hydrogen (secondary N) is 1. The Morgan fingerprint density at radius 1 is 1.21 bits per heavy atom. The van der Waals surface area contributed by atoms with Gasteiger partial charge in [-0.3, -0.25) is 0 Å². The molecule has 106 valence electrons. The Bertz CT molecular complexity index is 610. The normalized spacial score (nSPS) is 21.3. The number of anilines is 1. The minimum Gasteiger partial charge on any atom is -0.399 e. The molecule has 2 rings (SSSR count). The van der Waals surface area contributed by atoms with E-state index in [-0.39, 0.29) is 26.8 Å². The Balaban J connectivity index is 2.30. The smallest absolute Gasteiger partial charge is 0.242 e. The van der Waals surface area contributed by atoms with Gasteiger partial charge in [0.05, 0.1) is 5.02 Å². The van der Waals surface area contributed by atoms with Gasteiger partial charge in [0.1, 0.15) is 4.90 Å². The van der Waals surface area contributed by atoms with Gasteiger partial charge in [0.15, 0.2) is 0 Å². The van der Waals surface area contributed by atoms with Gasteiger partial charge in [0, 0.05) is 11.7 Å². The maximum atomic E-state index is 12.4. The molecule has 0 aliphatic heterocycles. The van der Waals surface area contributed by atoms with Crippen LogP contribution in [0.3, 0.4) is 0 Å². The van der Waals surface area contributed by atoms with Gasteiger partial charge in [-0.25, -0.2) is 13.1 Å². The molecule has 6 heteroatoms. The van der Waals surface area contributed by atoms with E-state index < -0.39 is 10.0 Å². The topological polar surface area (TPSA) is 72.2 Å².